The molecule has 104 valence electrons. The fraction of sp³-hybridized carbons (Fsp3) is 0.417. The number of carbonyl (C=O) groups is 1. The molecule has 7 nitrogen and oxygen atoms in total. The lowest BCUT2D eigenvalue weighted by Crippen LogP contribution is -2.24. The number of hydrogen-bond acceptors (Lipinski definition) is 6. The van der Waals surface area contributed by atoms with Crippen molar-refractivity contribution in [1.82, 2.24) is 0 Å². The van der Waals surface area contributed by atoms with Crippen LogP contribution in [0.2, 0.25) is 0 Å². The number of ether oxygens (including phenoxy) is 1. The summed E-state index contributed by atoms with van der Waals surface area (Å²) in [7, 11) is 0. The van der Waals surface area contributed by atoms with Crippen LogP contribution >= 0.6 is 0 Å². The second kappa shape index (κ2) is 6.69. The minimum absolute atomic E-state index is 0.0639. The van der Waals surface area contributed by atoms with Gasteiger partial charge in [-0.05, 0) is 25.5 Å². The van der Waals surface area contributed by atoms with Crippen molar-refractivity contribution in [3.8, 4) is 0 Å². The zero-order valence-corrected chi connectivity index (χ0v) is 10.9. The first-order valence-electron chi connectivity index (χ1n) is 5.90. The van der Waals surface area contributed by atoms with E-state index in [1.165, 1.54) is 19.1 Å². The molecular weight excluding hydrogens is 250 g/mol. The van der Waals surface area contributed by atoms with Gasteiger partial charge in [0.15, 0.2) is 0 Å². The lowest BCUT2D eigenvalue weighted by Gasteiger charge is -2.12. The Balaban J connectivity index is 2.96. The van der Waals surface area contributed by atoms with Gasteiger partial charge in [-0.15, -0.1) is 0 Å². The van der Waals surface area contributed by atoms with Crippen LogP contribution in [0.1, 0.15) is 19.4 Å². The maximum atomic E-state index is 11.6. The number of carbonyl (C=O) groups excluding carboxylic acids is 1. The Morgan fingerprint density at radius 3 is 2.79 bits per heavy atom. The van der Waals surface area contributed by atoms with Crippen LogP contribution < -0.4 is 11.1 Å². The highest BCUT2D eigenvalue weighted by Crippen LogP contribution is 2.23. The van der Waals surface area contributed by atoms with Gasteiger partial charge in [0.05, 0.1) is 11.3 Å². The van der Waals surface area contributed by atoms with Gasteiger partial charge < -0.3 is 10.1 Å². The van der Waals surface area contributed by atoms with E-state index in [0.29, 0.717) is 17.8 Å². The molecule has 0 bridgehead atoms. The number of nitrogens with one attached hydrogen (secondary N) is 1. The molecule has 0 amide bonds. The third kappa shape index (κ3) is 4.55. The molecule has 0 saturated carbocycles. The summed E-state index contributed by atoms with van der Waals surface area (Å²) in [6.45, 7) is 4.08. The van der Waals surface area contributed by atoms with Gasteiger partial charge in [0.2, 0.25) is 0 Å². The predicted octanol–water partition coefficient (Wildman–Crippen LogP) is 1.42. The Labute approximate surface area is 110 Å². The largest absolute Gasteiger partial charge is 0.447 e. The third-order valence-electron chi connectivity index (χ3n) is 2.32. The number of nitrogens with zero attached hydrogens (tertiary/aromatic N) is 1. The minimum atomic E-state index is -0.700. The summed E-state index contributed by atoms with van der Waals surface area (Å²) in [5.41, 5.74) is 6.48. The van der Waals surface area contributed by atoms with Gasteiger partial charge in [0, 0.05) is 24.4 Å². The summed E-state index contributed by atoms with van der Waals surface area (Å²) in [5.74, 6) is -0.519. The average Bonchev–Trinajstić information content (AvgIpc) is 2.30. The van der Waals surface area contributed by atoms with Crippen molar-refractivity contribution in [3.63, 3.8) is 0 Å². The second-order valence-electron chi connectivity index (χ2n) is 4.00. The highest BCUT2D eigenvalue weighted by Gasteiger charge is 2.15. The number of benzene rings is 1. The summed E-state index contributed by atoms with van der Waals surface area (Å²) in [5, 5.41) is 13.8. The first-order valence-corrected chi connectivity index (χ1v) is 5.90. The standard InChI is InChI=1S/C12H17N3O4/c1-3-14-11-5-4-10(15(17)18)6-9(11)7-12(16)19-8(2)13/h4-6,8,14H,3,7,13H2,1-2H3. The molecule has 1 atom stereocenters. The topological polar surface area (TPSA) is 107 Å². The molecule has 1 aromatic carbocycles. The van der Waals surface area contributed by atoms with Crippen molar-refractivity contribution in [2.24, 2.45) is 5.73 Å². The highest BCUT2D eigenvalue weighted by molar-refractivity contribution is 5.76. The fourth-order valence-electron chi connectivity index (χ4n) is 1.61. The van der Waals surface area contributed by atoms with E-state index < -0.39 is 17.1 Å². The van der Waals surface area contributed by atoms with Crippen LogP contribution in [0.15, 0.2) is 18.2 Å². The van der Waals surface area contributed by atoms with Crippen molar-refractivity contribution in [1.29, 1.82) is 0 Å². The Hall–Kier alpha value is -2.15. The van der Waals surface area contributed by atoms with E-state index >= 15 is 0 Å². The van der Waals surface area contributed by atoms with Gasteiger partial charge in [0.1, 0.15) is 6.23 Å². The first kappa shape index (κ1) is 14.9. The minimum Gasteiger partial charge on any atom is -0.447 e. The van der Waals surface area contributed by atoms with Crippen molar-refractivity contribution >= 4 is 17.3 Å². The van der Waals surface area contributed by atoms with Gasteiger partial charge >= 0.3 is 5.97 Å². The summed E-state index contributed by atoms with van der Waals surface area (Å²) < 4.78 is 4.83. The lowest BCUT2D eigenvalue weighted by molar-refractivity contribution is -0.384. The average molecular weight is 267 g/mol. The van der Waals surface area contributed by atoms with Crippen LogP contribution in [0.5, 0.6) is 0 Å². The summed E-state index contributed by atoms with van der Waals surface area (Å²) >= 11 is 0. The number of anilines is 1. The Morgan fingerprint density at radius 2 is 2.26 bits per heavy atom. The van der Waals surface area contributed by atoms with E-state index in [2.05, 4.69) is 5.32 Å². The van der Waals surface area contributed by atoms with Crippen LogP contribution in [-0.4, -0.2) is 23.7 Å². The molecule has 0 radical (unpaired) electrons. The Morgan fingerprint density at radius 1 is 1.58 bits per heavy atom. The number of non-ortho nitro benzene ring substituents is 1. The molecule has 7 heteroatoms. The molecule has 0 heterocycles. The first-order chi connectivity index (χ1) is 8.93. The van der Waals surface area contributed by atoms with Crippen molar-refractivity contribution in [2.75, 3.05) is 11.9 Å². The quantitative estimate of drug-likeness (QED) is 0.349. The molecule has 19 heavy (non-hydrogen) atoms. The van der Waals surface area contributed by atoms with E-state index in [4.69, 9.17) is 10.5 Å². The molecule has 0 fully saturated rings. The van der Waals surface area contributed by atoms with Crippen molar-refractivity contribution in [2.45, 2.75) is 26.5 Å². The number of esters is 1. The molecule has 0 aliphatic rings. The predicted molar refractivity (Wildman–Crippen MR) is 70.7 cm³/mol. The van der Waals surface area contributed by atoms with E-state index in [9.17, 15) is 14.9 Å². The second-order valence-corrected chi connectivity index (χ2v) is 4.00. The molecule has 0 aliphatic carbocycles. The van der Waals surface area contributed by atoms with Crippen LogP contribution in [0, 0.1) is 10.1 Å². The molecule has 0 aliphatic heterocycles. The Kier molecular flexibility index (Phi) is 5.25. The van der Waals surface area contributed by atoms with Gasteiger partial charge in [-0.2, -0.15) is 0 Å². The summed E-state index contributed by atoms with van der Waals surface area (Å²) in [6, 6.07) is 4.33. The molecular formula is C12H17N3O4. The maximum Gasteiger partial charge on any atom is 0.311 e. The number of rotatable bonds is 6. The third-order valence-corrected chi connectivity index (χ3v) is 2.32. The monoisotopic (exact) mass is 267 g/mol. The molecule has 1 aromatic rings. The fourth-order valence-corrected chi connectivity index (χ4v) is 1.61. The van der Waals surface area contributed by atoms with Gasteiger partial charge in [-0.3, -0.25) is 20.6 Å². The van der Waals surface area contributed by atoms with Crippen molar-refractivity contribution < 1.29 is 14.5 Å². The number of nitro benzene ring substituents is 1. The molecule has 0 saturated heterocycles. The van der Waals surface area contributed by atoms with E-state index in [-0.39, 0.29) is 12.1 Å². The van der Waals surface area contributed by atoms with Crippen molar-refractivity contribution in [3.05, 3.63) is 33.9 Å². The molecule has 3 N–H and O–H groups in total. The summed E-state index contributed by atoms with van der Waals surface area (Å²) in [6.07, 6.45) is -0.764. The smallest absolute Gasteiger partial charge is 0.311 e. The van der Waals surface area contributed by atoms with Crippen LogP contribution in [0.3, 0.4) is 0 Å². The van der Waals surface area contributed by atoms with E-state index in [1.54, 1.807) is 6.07 Å². The molecule has 1 unspecified atom stereocenters. The van der Waals surface area contributed by atoms with Gasteiger partial charge in [0.25, 0.3) is 5.69 Å². The number of hydrogen-bond donors (Lipinski definition) is 2. The lowest BCUT2D eigenvalue weighted by atomic mass is 10.1. The molecule has 0 spiro atoms. The zero-order valence-electron chi connectivity index (χ0n) is 10.9. The normalized spacial score (nSPS) is 11.7. The van der Waals surface area contributed by atoms with Crippen LogP contribution in [0.25, 0.3) is 0 Å². The van der Waals surface area contributed by atoms with Crippen LogP contribution in [-0.2, 0) is 16.0 Å². The van der Waals surface area contributed by atoms with E-state index in [0.717, 1.165) is 0 Å². The number of nitrogens with two attached hydrogens (primary N) is 1. The SMILES string of the molecule is CCNc1ccc([N+](=O)[O-])cc1CC(=O)OC(C)N. The van der Waals surface area contributed by atoms with Gasteiger partial charge in [-0.1, -0.05) is 0 Å². The molecule has 1 rings (SSSR count). The maximum absolute atomic E-state index is 11.6. The number of nitro groups is 1. The summed E-state index contributed by atoms with van der Waals surface area (Å²) in [4.78, 5) is 21.8. The van der Waals surface area contributed by atoms with E-state index in [1.807, 2.05) is 6.92 Å². The Bertz CT molecular complexity index is 474. The highest BCUT2D eigenvalue weighted by atomic mass is 16.6. The van der Waals surface area contributed by atoms with Crippen LogP contribution in [0.4, 0.5) is 11.4 Å². The molecule has 0 aromatic heterocycles. The zero-order chi connectivity index (χ0) is 14.4. The van der Waals surface area contributed by atoms with Gasteiger partial charge in [-0.25, -0.2) is 0 Å².